The predicted molar refractivity (Wildman–Crippen MR) is 146 cm³/mol. The van der Waals surface area contributed by atoms with Gasteiger partial charge in [-0.2, -0.15) is 0 Å². The predicted octanol–water partition coefficient (Wildman–Crippen LogP) is -1.26. The second-order valence-electron chi connectivity index (χ2n) is 10.4. The molecule has 220 valence electrons. The van der Waals surface area contributed by atoms with Crippen LogP contribution in [-0.2, 0) is 16.0 Å². The molecule has 8 N–H and O–H groups in total. The molecule has 1 fully saturated rings. The van der Waals surface area contributed by atoms with Crippen molar-refractivity contribution in [3.05, 3.63) is 29.8 Å². The molecule has 39 heavy (non-hydrogen) atoms. The van der Waals surface area contributed by atoms with E-state index in [2.05, 4.69) is 33.1 Å². The van der Waals surface area contributed by atoms with E-state index in [1.54, 1.807) is 13.1 Å². The quantitative estimate of drug-likeness (QED) is 0.0699. The summed E-state index contributed by atoms with van der Waals surface area (Å²) in [5.74, 6) is -0.180. The van der Waals surface area contributed by atoms with Gasteiger partial charge in [-0.15, -0.1) is 0 Å². The Morgan fingerprint density at radius 1 is 1.18 bits per heavy atom. The molecule has 2 rings (SSSR count). The fourth-order valence-electron chi connectivity index (χ4n) is 4.16. The molecule has 0 saturated carbocycles. The van der Waals surface area contributed by atoms with E-state index in [0.717, 1.165) is 18.5 Å². The molecule has 13 nitrogen and oxygen atoms in total. The van der Waals surface area contributed by atoms with Crippen molar-refractivity contribution < 1.29 is 29.3 Å². The average Bonchev–Trinajstić information content (AvgIpc) is 3.54. The highest BCUT2D eigenvalue weighted by Gasteiger charge is 2.31. The zero-order chi connectivity index (χ0) is 28.9. The fourth-order valence-corrected chi connectivity index (χ4v) is 4.16. The number of amides is 3. The number of nitrogens with zero attached hydrogens (tertiary/aromatic N) is 2. The first kappa shape index (κ1) is 32.4. The third-order valence-electron chi connectivity index (χ3n) is 6.10. The topological polar surface area (TPSA) is 191 Å². The van der Waals surface area contributed by atoms with Crippen LogP contribution in [0.15, 0.2) is 24.3 Å². The average molecular weight is 552 g/mol. The van der Waals surface area contributed by atoms with E-state index in [0.29, 0.717) is 31.1 Å². The van der Waals surface area contributed by atoms with Crippen LogP contribution in [0.4, 0.5) is 4.79 Å². The van der Waals surface area contributed by atoms with Gasteiger partial charge in [0.2, 0.25) is 11.8 Å². The molecule has 1 aromatic carbocycles. The molecule has 1 saturated heterocycles. The number of ether oxygens (including phenoxy) is 1. The van der Waals surface area contributed by atoms with Gasteiger partial charge >= 0.3 is 6.09 Å². The van der Waals surface area contributed by atoms with Crippen LogP contribution in [0.2, 0.25) is 0 Å². The Hall–Kier alpha value is -2.81. The number of benzene rings is 1. The highest BCUT2D eigenvalue weighted by atomic mass is 16.6. The van der Waals surface area contributed by atoms with Crippen LogP contribution in [0.25, 0.3) is 0 Å². The molecule has 1 aromatic rings. The van der Waals surface area contributed by atoms with Crippen molar-refractivity contribution in [1.82, 2.24) is 31.1 Å². The van der Waals surface area contributed by atoms with E-state index in [9.17, 15) is 14.4 Å². The van der Waals surface area contributed by atoms with Gasteiger partial charge in [0.15, 0.2) is 6.29 Å². The van der Waals surface area contributed by atoms with E-state index in [4.69, 9.17) is 20.7 Å². The fraction of sp³-hybridized carbons (Fsp3) is 0.654. The number of likely N-dealkylation sites (N-methyl/N-ethyl adjacent to an activating group) is 1. The SMILES string of the molecule is CC(Cc1cccc(OC(=O)N(C)CCNC(=O)C(CCCNC2NC2N)NC(=O)CC(O)O)c1)CN(C)C. The molecule has 3 amide bonds. The zero-order valence-corrected chi connectivity index (χ0v) is 23.4. The second kappa shape index (κ2) is 16.3. The zero-order valence-electron chi connectivity index (χ0n) is 23.4. The molecule has 0 aromatic heterocycles. The maximum Gasteiger partial charge on any atom is 0.415 e. The van der Waals surface area contributed by atoms with Gasteiger partial charge in [-0.3, -0.25) is 20.2 Å². The lowest BCUT2D eigenvalue weighted by Gasteiger charge is -2.21. The van der Waals surface area contributed by atoms with Gasteiger partial charge in [0.25, 0.3) is 0 Å². The standard InChI is InChI=1S/C26H45N7O6/c1-17(16-32(2)3)13-18-7-5-8-19(14-18)39-26(38)33(4)12-11-29-25(37)20(30-21(34)15-22(35)36)9-6-10-28-24-23(27)31-24/h5,7-8,14,17,20,22-24,28,31,35-36H,6,9-13,15-16,27H2,1-4H3,(H,29,37)(H,30,34). The molecule has 13 heteroatoms. The summed E-state index contributed by atoms with van der Waals surface area (Å²) >= 11 is 0. The van der Waals surface area contributed by atoms with Gasteiger partial charge in [0.1, 0.15) is 11.8 Å². The Balaban J connectivity index is 1.80. The number of rotatable bonds is 17. The minimum atomic E-state index is -1.81. The summed E-state index contributed by atoms with van der Waals surface area (Å²) in [6, 6.07) is 6.58. The molecular weight excluding hydrogens is 506 g/mol. The largest absolute Gasteiger partial charge is 0.415 e. The van der Waals surface area contributed by atoms with Crippen LogP contribution in [0.5, 0.6) is 5.75 Å². The van der Waals surface area contributed by atoms with Gasteiger partial charge in [-0.05, 0) is 63.5 Å². The van der Waals surface area contributed by atoms with Gasteiger partial charge in [0.05, 0.1) is 18.8 Å². The van der Waals surface area contributed by atoms with Gasteiger partial charge in [-0.25, -0.2) is 4.79 Å². The number of carbonyl (C=O) groups is 3. The van der Waals surface area contributed by atoms with E-state index in [1.165, 1.54) is 4.90 Å². The minimum absolute atomic E-state index is 0.0424. The third kappa shape index (κ3) is 13.2. The Bertz CT molecular complexity index is 932. The van der Waals surface area contributed by atoms with Gasteiger partial charge in [0, 0.05) is 26.7 Å². The highest BCUT2D eigenvalue weighted by Crippen LogP contribution is 2.17. The Labute approximate surface area is 230 Å². The van der Waals surface area contributed by atoms with Crippen molar-refractivity contribution in [2.45, 2.75) is 57.3 Å². The van der Waals surface area contributed by atoms with Crippen LogP contribution in [0.3, 0.4) is 0 Å². The Morgan fingerprint density at radius 2 is 1.90 bits per heavy atom. The summed E-state index contributed by atoms with van der Waals surface area (Å²) in [4.78, 5) is 40.8. The molecule has 1 aliphatic rings. The normalized spacial score (nSPS) is 18.0. The molecule has 0 spiro atoms. The number of aliphatic hydroxyl groups is 2. The number of aliphatic hydroxyl groups excluding tert-OH is 1. The summed E-state index contributed by atoms with van der Waals surface area (Å²) in [6.45, 7) is 4.03. The third-order valence-corrected chi connectivity index (χ3v) is 6.10. The van der Waals surface area contributed by atoms with Crippen LogP contribution >= 0.6 is 0 Å². The van der Waals surface area contributed by atoms with Gasteiger partial charge in [-0.1, -0.05) is 19.1 Å². The van der Waals surface area contributed by atoms with E-state index in [-0.39, 0.29) is 25.4 Å². The molecule has 0 radical (unpaired) electrons. The number of hydrogen-bond acceptors (Lipinski definition) is 10. The first-order valence-electron chi connectivity index (χ1n) is 13.3. The molecule has 0 bridgehead atoms. The van der Waals surface area contributed by atoms with Crippen LogP contribution in [0, 0.1) is 5.92 Å². The lowest BCUT2D eigenvalue weighted by atomic mass is 10.0. The lowest BCUT2D eigenvalue weighted by molar-refractivity contribution is -0.134. The molecular formula is C26H45N7O6. The lowest BCUT2D eigenvalue weighted by Crippen LogP contribution is -2.49. The van der Waals surface area contributed by atoms with Crippen molar-refractivity contribution >= 4 is 17.9 Å². The number of hydrogen-bond donors (Lipinski definition) is 7. The highest BCUT2D eigenvalue weighted by molar-refractivity contribution is 5.87. The maximum atomic E-state index is 12.8. The number of carbonyl (C=O) groups excluding carboxylic acids is 3. The van der Waals surface area contributed by atoms with Crippen LogP contribution in [0.1, 0.15) is 31.7 Å². The summed E-state index contributed by atoms with van der Waals surface area (Å²) in [5, 5.41) is 29.5. The summed E-state index contributed by atoms with van der Waals surface area (Å²) in [5.41, 5.74) is 6.75. The number of nitrogens with two attached hydrogens (primary N) is 1. The Morgan fingerprint density at radius 3 is 2.54 bits per heavy atom. The van der Waals surface area contributed by atoms with E-state index < -0.39 is 36.7 Å². The maximum absolute atomic E-state index is 12.8. The second-order valence-corrected chi connectivity index (χ2v) is 10.4. The van der Waals surface area contributed by atoms with Crippen LogP contribution < -0.4 is 31.7 Å². The minimum Gasteiger partial charge on any atom is -0.410 e. The summed E-state index contributed by atoms with van der Waals surface area (Å²) in [6.07, 6.45) is -1.17. The van der Waals surface area contributed by atoms with Crippen molar-refractivity contribution in [2.24, 2.45) is 11.7 Å². The molecule has 4 unspecified atom stereocenters. The summed E-state index contributed by atoms with van der Waals surface area (Å²) < 4.78 is 5.51. The molecule has 0 aliphatic carbocycles. The molecule has 1 heterocycles. The van der Waals surface area contributed by atoms with Crippen LogP contribution in [-0.4, -0.2) is 110 Å². The van der Waals surface area contributed by atoms with Gasteiger partial charge < -0.3 is 41.1 Å². The molecule has 4 atom stereocenters. The monoisotopic (exact) mass is 551 g/mol. The first-order chi connectivity index (χ1) is 18.4. The smallest absolute Gasteiger partial charge is 0.410 e. The first-order valence-corrected chi connectivity index (χ1v) is 13.3. The van der Waals surface area contributed by atoms with Crippen molar-refractivity contribution in [2.75, 3.05) is 47.3 Å². The van der Waals surface area contributed by atoms with Crippen molar-refractivity contribution in [3.8, 4) is 5.75 Å². The number of nitrogens with one attached hydrogen (secondary N) is 4. The van der Waals surface area contributed by atoms with Crippen molar-refractivity contribution in [1.29, 1.82) is 0 Å². The summed E-state index contributed by atoms with van der Waals surface area (Å²) in [7, 11) is 5.64. The van der Waals surface area contributed by atoms with Crippen molar-refractivity contribution in [3.63, 3.8) is 0 Å². The van der Waals surface area contributed by atoms with E-state index >= 15 is 0 Å². The van der Waals surface area contributed by atoms with E-state index in [1.807, 2.05) is 32.3 Å². The molecule has 1 aliphatic heterocycles. The Kier molecular flexibility index (Phi) is 13.6.